The first-order valence-corrected chi connectivity index (χ1v) is 10.2. The normalized spacial score (nSPS) is 24.6. The number of hydrogen-bond acceptors (Lipinski definition) is 5. The molecule has 5 N–H and O–H groups in total. The van der Waals surface area contributed by atoms with E-state index in [0.29, 0.717) is 24.9 Å². The number of nitrogens with one attached hydrogen (secondary N) is 1. The Morgan fingerprint density at radius 1 is 1.03 bits per heavy atom. The van der Waals surface area contributed by atoms with E-state index in [2.05, 4.69) is 5.32 Å². The summed E-state index contributed by atoms with van der Waals surface area (Å²) in [6.45, 7) is 1.83. The molecule has 0 spiro atoms. The maximum Gasteiger partial charge on any atom is 0.227 e. The number of benzene rings is 1. The SMILES string of the molecule is CC1=CCCc2cc(O)cc(c2)NC(=O)CC(O)C=CC=CC=CCC(O)CC1O. The third kappa shape index (κ3) is 8.78. The zero-order chi connectivity index (χ0) is 21.9. The summed E-state index contributed by atoms with van der Waals surface area (Å²) in [6, 6.07) is 4.87. The van der Waals surface area contributed by atoms with Crippen molar-refractivity contribution in [2.45, 2.75) is 57.3 Å². The Balaban J connectivity index is 2.18. The fourth-order valence-electron chi connectivity index (χ4n) is 3.14. The summed E-state index contributed by atoms with van der Waals surface area (Å²) >= 11 is 0. The van der Waals surface area contributed by atoms with Gasteiger partial charge in [0.1, 0.15) is 5.75 Å². The lowest BCUT2D eigenvalue weighted by atomic mass is 10.0. The second-order valence-corrected chi connectivity index (χ2v) is 7.53. The van der Waals surface area contributed by atoms with Crippen LogP contribution in [0.5, 0.6) is 5.75 Å². The lowest BCUT2D eigenvalue weighted by Gasteiger charge is -2.15. The van der Waals surface area contributed by atoms with E-state index < -0.39 is 18.3 Å². The summed E-state index contributed by atoms with van der Waals surface area (Å²) in [7, 11) is 0. The molecule has 30 heavy (non-hydrogen) atoms. The van der Waals surface area contributed by atoms with E-state index in [1.54, 1.807) is 36.4 Å². The van der Waals surface area contributed by atoms with Crippen molar-refractivity contribution < 1.29 is 25.2 Å². The van der Waals surface area contributed by atoms with Gasteiger partial charge in [0.2, 0.25) is 5.91 Å². The first-order valence-electron chi connectivity index (χ1n) is 10.2. The third-order valence-electron chi connectivity index (χ3n) is 4.79. The van der Waals surface area contributed by atoms with E-state index >= 15 is 0 Å². The molecule has 162 valence electrons. The number of aliphatic hydroxyl groups excluding tert-OH is 3. The predicted molar refractivity (Wildman–Crippen MR) is 118 cm³/mol. The van der Waals surface area contributed by atoms with E-state index in [0.717, 1.165) is 11.1 Å². The third-order valence-corrected chi connectivity index (χ3v) is 4.79. The molecule has 6 nitrogen and oxygen atoms in total. The molecule has 3 atom stereocenters. The number of aryl methyl sites for hydroxylation is 1. The predicted octanol–water partition coefficient (Wildman–Crippen LogP) is 3.14. The summed E-state index contributed by atoms with van der Waals surface area (Å²) in [5.41, 5.74) is 2.09. The Morgan fingerprint density at radius 3 is 2.60 bits per heavy atom. The molecule has 1 aromatic carbocycles. The van der Waals surface area contributed by atoms with Crippen LogP contribution in [0.15, 0.2) is 66.3 Å². The van der Waals surface area contributed by atoms with Gasteiger partial charge < -0.3 is 25.7 Å². The number of phenols is 1. The average molecular weight is 414 g/mol. The average Bonchev–Trinajstić information content (AvgIpc) is 2.65. The second-order valence-electron chi connectivity index (χ2n) is 7.53. The van der Waals surface area contributed by atoms with E-state index in [4.69, 9.17) is 0 Å². The number of phenolic OH excluding ortho intramolecular Hbond substituents is 1. The molecule has 0 saturated carbocycles. The first-order chi connectivity index (χ1) is 14.3. The van der Waals surface area contributed by atoms with Crippen molar-refractivity contribution >= 4 is 11.6 Å². The van der Waals surface area contributed by atoms with Crippen LogP contribution >= 0.6 is 0 Å². The van der Waals surface area contributed by atoms with E-state index in [9.17, 15) is 25.2 Å². The van der Waals surface area contributed by atoms with Crippen LogP contribution < -0.4 is 5.32 Å². The summed E-state index contributed by atoms with van der Waals surface area (Å²) < 4.78 is 0. The fourth-order valence-corrected chi connectivity index (χ4v) is 3.14. The standard InChI is InChI=1S/C24H31NO5/c1-17-8-7-9-18-12-19(14-22(28)13-18)25-24(30)16-21(27)11-6-4-2-3-5-10-20(26)15-23(17)29/h2-6,8,11-14,20-21,23,26-29H,7,9-10,15-16H2,1H3,(H,25,30). The van der Waals surface area contributed by atoms with Crippen molar-refractivity contribution in [3.63, 3.8) is 0 Å². The van der Waals surface area contributed by atoms with Crippen LogP contribution in [0.25, 0.3) is 0 Å². The van der Waals surface area contributed by atoms with Crippen LogP contribution in [0.2, 0.25) is 0 Å². The Bertz CT molecular complexity index is 825. The van der Waals surface area contributed by atoms with Crippen molar-refractivity contribution in [1.82, 2.24) is 0 Å². The molecule has 1 amide bonds. The first kappa shape index (κ1) is 23.6. The molecule has 0 radical (unpaired) electrons. The zero-order valence-corrected chi connectivity index (χ0v) is 17.2. The number of allylic oxidation sites excluding steroid dienone is 5. The van der Waals surface area contributed by atoms with Gasteiger partial charge in [-0.25, -0.2) is 0 Å². The Labute approximate surface area is 177 Å². The molecular formula is C24H31NO5. The van der Waals surface area contributed by atoms with Crippen molar-refractivity contribution in [3.05, 3.63) is 71.9 Å². The Kier molecular flexibility index (Phi) is 9.54. The molecule has 1 aliphatic heterocycles. The number of carbonyl (C=O) groups excluding carboxylic acids is 1. The van der Waals surface area contributed by atoms with Gasteiger partial charge in [-0.3, -0.25) is 4.79 Å². The van der Waals surface area contributed by atoms with Crippen LogP contribution in [0.1, 0.15) is 38.2 Å². The second kappa shape index (κ2) is 12.1. The largest absolute Gasteiger partial charge is 0.508 e. The number of anilines is 1. The molecule has 0 saturated heterocycles. The lowest BCUT2D eigenvalue weighted by Crippen LogP contribution is -2.18. The molecule has 1 heterocycles. The maximum atomic E-state index is 12.2. The van der Waals surface area contributed by atoms with Crippen LogP contribution in [0.3, 0.4) is 0 Å². The van der Waals surface area contributed by atoms with Crippen molar-refractivity contribution in [2.75, 3.05) is 5.32 Å². The number of rotatable bonds is 0. The molecule has 0 aliphatic carbocycles. The maximum absolute atomic E-state index is 12.2. The zero-order valence-electron chi connectivity index (χ0n) is 17.2. The minimum Gasteiger partial charge on any atom is -0.508 e. The number of aliphatic hydroxyl groups is 3. The van der Waals surface area contributed by atoms with Gasteiger partial charge in [-0.1, -0.05) is 42.5 Å². The van der Waals surface area contributed by atoms with E-state index in [1.165, 1.54) is 12.1 Å². The van der Waals surface area contributed by atoms with Crippen molar-refractivity contribution in [3.8, 4) is 5.75 Å². The van der Waals surface area contributed by atoms with E-state index in [-0.39, 0.29) is 24.5 Å². The highest BCUT2D eigenvalue weighted by atomic mass is 16.3. The highest BCUT2D eigenvalue weighted by molar-refractivity contribution is 5.91. The minimum absolute atomic E-state index is 0.0446. The van der Waals surface area contributed by atoms with Gasteiger partial charge >= 0.3 is 0 Å². The van der Waals surface area contributed by atoms with Crippen molar-refractivity contribution in [2.24, 2.45) is 0 Å². The van der Waals surface area contributed by atoms with E-state index in [1.807, 2.05) is 19.1 Å². The van der Waals surface area contributed by atoms with Crippen LogP contribution in [-0.4, -0.2) is 44.6 Å². The highest BCUT2D eigenvalue weighted by Crippen LogP contribution is 2.22. The van der Waals surface area contributed by atoms with Crippen LogP contribution in [-0.2, 0) is 11.2 Å². The summed E-state index contributed by atoms with van der Waals surface area (Å²) in [5, 5.41) is 43.0. The topological polar surface area (TPSA) is 110 Å². The summed E-state index contributed by atoms with van der Waals surface area (Å²) in [5.74, 6) is -0.311. The van der Waals surface area contributed by atoms with Gasteiger partial charge in [-0.15, -0.1) is 0 Å². The summed E-state index contributed by atoms with van der Waals surface area (Å²) in [4.78, 5) is 12.2. The summed E-state index contributed by atoms with van der Waals surface area (Å²) in [6.07, 6.45) is 11.7. The smallest absolute Gasteiger partial charge is 0.227 e. The molecule has 2 rings (SSSR count). The molecule has 2 bridgehead atoms. The Morgan fingerprint density at radius 2 is 1.80 bits per heavy atom. The molecule has 0 aromatic heterocycles. The quantitative estimate of drug-likeness (QED) is 0.420. The van der Waals surface area contributed by atoms with Gasteiger partial charge in [0.15, 0.2) is 0 Å². The number of fused-ring (bicyclic) bond motifs is 2. The van der Waals surface area contributed by atoms with Gasteiger partial charge in [0.05, 0.1) is 24.7 Å². The van der Waals surface area contributed by atoms with Gasteiger partial charge in [0, 0.05) is 18.2 Å². The highest BCUT2D eigenvalue weighted by Gasteiger charge is 2.13. The number of aromatic hydroxyl groups is 1. The van der Waals surface area contributed by atoms with Crippen LogP contribution in [0, 0.1) is 0 Å². The molecule has 0 fully saturated rings. The fraction of sp³-hybridized carbons (Fsp3) is 0.375. The van der Waals surface area contributed by atoms with Gasteiger partial charge in [-0.05, 0) is 49.5 Å². The number of amides is 1. The minimum atomic E-state index is -0.930. The number of carbonyl (C=O) groups is 1. The number of hydrogen-bond donors (Lipinski definition) is 5. The van der Waals surface area contributed by atoms with Gasteiger partial charge in [0.25, 0.3) is 0 Å². The van der Waals surface area contributed by atoms with Gasteiger partial charge in [-0.2, -0.15) is 0 Å². The lowest BCUT2D eigenvalue weighted by molar-refractivity contribution is -0.117. The van der Waals surface area contributed by atoms with Crippen LogP contribution in [0.4, 0.5) is 5.69 Å². The molecule has 3 unspecified atom stereocenters. The molecule has 6 heteroatoms. The molecular weight excluding hydrogens is 382 g/mol. The van der Waals surface area contributed by atoms with Crippen molar-refractivity contribution in [1.29, 1.82) is 0 Å². The molecule has 1 aromatic rings. The Hall–Kier alpha value is -2.67. The monoisotopic (exact) mass is 413 g/mol. The molecule has 1 aliphatic rings.